The molecule has 4 rings (SSSR count). The Morgan fingerprint density at radius 2 is 1.71 bits per heavy atom. The predicted octanol–water partition coefficient (Wildman–Crippen LogP) is 3.67. The first-order valence-corrected chi connectivity index (χ1v) is 8.82. The molecule has 0 unspecified atom stereocenters. The van der Waals surface area contributed by atoms with Crippen molar-refractivity contribution in [2.75, 3.05) is 12.4 Å². The summed E-state index contributed by atoms with van der Waals surface area (Å²) in [6.07, 6.45) is 0. The van der Waals surface area contributed by atoms with E-state index >= 15 is 0 Å². The number of rotatable bonds is 4. The van der Waals surface area contributed by atoms with E-state index in [1.54, 1.807) is 30.7 Å². The highest BCUT2D eigenvalue weighted by Gasteiger charge is 2.20. The van der Waals surface area contributed by atoms with Crippen LogP contribution in [0.2, 0.25) is 0 Å². The van der Waals surface area contributed by atoms with E-state index in [-0.39, 0.29) is 11.6 Å². The van der Waals surface area contributed by atoms with Gasteiger partial charge in [0.2, 0.25) is 0 Å². The van der Waals surface area contributed by atoms with Gasteiger partial charge in [0.15, 0.2) is 11.3 Å². The zero-order valence-corrected chi connectivity index (χ0v) is 15.8. The van der Waals surface area contributed by atoms with Crippen LogP contribution in [0.5, 0.6) is 5.75 Å². The van der Waals surface area contributed by atoms with Crippen LogP contribution in [-0.4, -0.2) is 32.8 Å². The molecule has 0 bridgehead atoms. The summed E-state index contributed by atoms with van der Waals surface area (Å²) < 4.78 is 6.95. The quantitative estimate of drug-likeness (QED) is 0.590. The first-order chi connectivity index (χ1) is 13.6. The number of fused-ring (bicyclic) bond motifs is 1. The van der Waals surface area contributed by atoms with Crippen molar-refractivity contribution >= 4 is 17.2 Å². The molecular weight excluding hydrogens is 354 g/mol. The Bertz CT molecular complexity index is 1170. The fraction of sp³-hybridized carbons (Fsp3) is 0.143. The van der Waals surface area contributed by atoms with E-state index in [4.69, 9.17) is 4.74 Å². The molecule has 2 aromatic heterocycles. The summed E-state index contributed by atoms with van der Waals surface area (Å²) in [5, 5.41) is 15.9. The van der Waals surface area contributed by atoms with Crippen LogP contribution < -0.4 is 10.1 Å². The SMILES string of the molecule is COc1ccccc1NC(=O)c1nnc2c(-c3ccccc3)c(C)nn2c1C. The largest absolute Gasteiger partial charge is 0.495 e. The number of hydrogen-bond acceptors (Lipinski definition) is 5. The van der Waals surface area contributed by atoms with Crippen LogP contribution in [0.25, 0.3) is 16.8 Å². The number of carbonyl (C=O) groups excluding carboxylic acids is 1. The lowest BCUT2D eigenvalue weighted by atomic mass is 10.1. The van der Waals surface area contributed by atoms with Gasteiger partial charge in [-0.1, -0.05) is 42.5 Å². The molecule has 7 heteroatoms. The minimum absolute atomic E-state index is 0.209. The zero-order valence-electron chi connectivity index (χ0n) is 15.8. The lowest BCUT2D eigenvalue weighted by molar-refractivity contribution is 0.101. The van der Waals surface area contributed by atoms with Gasteiger partial charge in [-0.15, -0.1) is 10.2 Å². The van der Waals surface area contributed by atoms with Crippen LogP contribution in [0, 0.1) is 13.8 Å². The number of para-hydroxylation sites is 2. The summed E-state index contributed by atoms with van der Waals surface area (Å²) in [4.78, 5) is 12.8. The normalized spacial score (nSPS) is 10.8. The standard InChI is InChI=1S/C21H19N5O2/c1-13-18(15-9-5-4-6-10-15)20-24-23-19(14(2)26(20)25-13)21(27)22-16-11-7-8-12-17(16)28-3/h4-12H,1-3H3,(H,22,27). The molecule has 140 valence electrons. The highest BCUT2D eigenvalue weighted by molar-refractivity contribution is 6.04. The van der Waals surface area contributed by atoms with Gasteiger partial charge in [0.25, 0.3) is 5.91 Å². The Labute approximate surface area is 162 Å². The number of ether oxygens (including phenoxy) is 1. The molecule has 0 aliphatic heterocycles. The number of benzene rings is 2. The number of methoxy groups -OCH3 is 1. The first-order valence-electron chi connectivity index (χ1n) is 8.82. The van der Waals surface area contributed by atoms with Crippen molar-refractivity contribution in [1.29, 1.82) is 0 Å². The van der Waals surface area contributed by atoms with Gasteiger partial charge in [0.05, 0.1) is 29.7 Å². The number of amides is 1. The topological polar surface area (TPSA) is 81.4 Å². The summed E-state index contributed by atoms with van der Waals surface area (Å²) in [7, 11) is 1.56. The van der Waals surface area contributed by atoms with Gasteiger partial charge in [-0.2, -0.15) is 5.10 Å². The van der Waals surface area contributed by atoms with E-state index in [1.807, 2.05) is 49.4 Å². The van der Waals surface area contributed by atoms with Crippen molar-refractivity contribution in [2.45, 2.75) is 13.8 Å². The number of aryl methyl sites for hydroxylation is 2. The summed E-state index contributed by atoms with van der Waals surface area (Å²) >= 11 is 0. The average Bonchev–Trinajstić information content (AvgIpc) is 3.06. The second-order valence-corrected chi connectivity index (χ2v) is 6.35. The smallest absolute Gasteiger partial charge is 0.278 e. The minimum atomic E-state index is -0.370. The van der Waals surface area contributed by atoms with Gasteiger partial charge in [-0.05, 0) is 31.5 Å². The van der Waals surface area contributed by atoms with Crippen molar-refractivity contribution in [2.24, 2.45) is 0 Å². The van der Waals surface area contributed by atoms with Crippen molar-refractivity contribution < 1.29 is 9.53 Å². The molecule has 1 amide bonds. The summed E-state index contributed by atoms with van der Waals surface area (Å²) in [5.41, 5.74) is 4.75. The third kappa shape index (κ3) is 2.96. The molecule has 7 nitrogen and oxygen atoms in total. The van der Waals surface area contributed by atoms with E-state index < -0.39 is 0 Å². The Hall–Kier alpha value is -3.74. The Balaban J connectivity index is 1.76. The third-order valence-corrected chi connectivity index (χ3v) is 4.57. The molecule has 0 atom stereocenters. The molecule has 0 radical (unpaired) electrons. The second kappa shape index (κ2) is 7.11. The van der Waals surface area contributed by atoms with Crippen LogP contribution in [0.15, 0.2) is 54.6 Å². The number of aromatic nitrogens is 4. The molecule has 2 aromatic carbocycles. The fourth-order valence-electron chi connectivity index (χ4n) is 3.19. The molecule has 0 saturated heterocycles. The summed E-state index contributed by atoms with van der Waals surface area (Å²) in [5.74, 6) is 0.203. The Morgan fingerprint density at radius 3 is 2.46 bits per heavy atom. The van der Waals surface area contributed by atoms with Gasteiger partial charge in [0.1, 0.15) is 5.75 Å². The van der Waals surface area contributed by atoms with Gasteiger partial charge < -0.3 is 10.1 Å². The third-order valence-electron chi connectivity index (χ3n) is 4.57. The minimum Gasteiger partial charge on any atom is -0.495 e. The molecule has 0 saturated carbocycles. The maximum atomic E-state index is 12.8. The lowest BCUT2D eigenvalue weighted by Gasteiger charge is -2.10. The van der Waals surface area contributed by atoms with E-state index in [2.05, 4.69) is 20.6 Å². The van der Waals surface area contributed by atoms with E-state index in [0.717, 1.165) is 16.8 Å². The maximum absolute atomic E-state index is 12.8. The molecule has 4 aromatic rings. The van der Waals surface area contributed by atoms with Crippen molar-refractivity contribution in [3.8, 4) is 16.9 Å². The number of nitrogens with zero attached hydrogens (tertiary/aromatic N) is 4. The second-order valence-electron chi connectivity index (χ2n) is 6.35. The Kier molecular flexibility index (Phi) is 4.49. The summed E-state index contributed by atoms with van der Waals surface area (Å²) in [6, 6.07) is 17.1. The predicted molar refractivity (Wildman–Crippen MR) is 107 cm³/mol. The van der Waals surface area contributed by atoms with Crippen molar-refractivity contribution in [3.05, 3.63) is 71.7 Å². The van der Waals surface area contributed by atoms with Crippen molar-refractivity contribution in [1.82, 2.24) is 19.8 Å². The number of hydrogen-bond donors (Lipinski definition) is 1. The van der Waals surface area contributed by atoms with Crippen LogP contribution in [0.4, 0.5) is 5.69 Å². The molecule has 1 N–H and O–H groups in total. The lowest BCUT2D eigenvalue weighted by Crippen LogP contribution is -2.19. The van der Waals surface area contributed by atoms with Crippen LogP contribution in [0.1, 0.15) is 21.9 Å². The van der Waals surface area contributed by atoms with E-state index in [9.17, 15) is 4.79 Å². The van der Waals surface area contributed by atoms with E-state index in [0.29, 0.717) is 22.8 Å². The highest BCUT2D eigenvalue weighted by atomic mass is 16.5. The molecule has 0 aliphatic carbocycles. The van der Waals surface area contributed by atoms with Crippen LogP contribution >= 0.6 is 0 Å². The molecule has 0 spiro atoms. The fourth-order valence-corrected chi connectivity index (χ4v) is 3.19. The molecule has 28 heavy (non-hydrogen) atoms. The van der Waals surface area contributed by atoms with Gasteiger partial charge in [-0.25, -0.2) is 4.52 Å². The van der Waals surface area contributed by atoms with Gasteiger partial charge in [0, 0.05) is 0 Å². The van der Waals surface area contributed by atoms with Crippen LogP contribution in [-0.2, 0) is 0 Å². The molecular formula is C21H19N5O2. The number of carbonyl (C=O) groups is 1. The van der Waals surface area contributed by atoms with Crippen molar-refractivity contribution in [3.63, 3.8) is 0 Å². The molecule has 2 heterocycles. The van der Waals surface area contributed by atoms with Gasteiger partial charge in [-0.3, -0.25) is 4.79 Å². The first kappa shape index (κ1) is 17.7. The van der Waals surface area contributed by atoms with E-state index in [1.165, 1.54) is 0 Å². The van der Waals surface area contributed by atoms with Gasteiger partial charge >= 0.3 is 0 Å². The molecule has 0 fully saturated rings. The number of anilines is 1. The summed E-state index contributed by atoms with van der Waals surface area (Å²) in [6.45, 7) is 3.73. The van der Waals surface area contributed by atoms with Crippen LogP contribution in [0.3, 0.4) is 0 Å². The highest BCUT2D eigenvalue weighted by Crippen LogP contribution is 2.28. The maximum Gasteiger partial charge on any atom is 0.278 e. The monoisotopic (exact) mass is 373 g/mol. The average molecular weight is 373 g/mol. The molecule has 0 aliphatic rings. The number of nitrogens with one attached hydrogen (secondary N) is 1. The zero-order chi connectivity index (χ0) is 19.7. The Morgan fingerprint density at radius 1 is 1.00 bits per heavy atom.